The van der Waals surface area contributed by atoms with Crippen LogP contribution in [0.25, 0.3) is 0 Å². The Bertz CT molecular complexity index is 2060. The van der Waals surface area contributed by atoms with Crippen molar-refractivity contribution in [2.24, 2.45) is 5.41 Å². The summed E-state index contributed by atoms with van der Waals surface area (Å²) in [7, 11) is 0. The van der Waals surface area contributed by atoms with Crippen LogP contribution in [0.1, 0.15) is 164 Å². The van der Waals surface area contributed by atoms with Crippen molar-refractivity contribution in [3.63, 3.8) is 0 Å². The molecule has 4 unspecified atom stereocenters. The average Bonchev–Trinajstić information content (AvgIpc) is 3.43. The molecule has 9 rings (SSSR count). The minimum absolute atomic E-state index is 0.00951. The first-order chi connectivity index (χ1) is 24.1. The largest absolute Gasteiger partial charge is 0.498 e. The molecule has 0 spiro atoms. The molecule has 3 aromatic rings. The van der Waals surface area contributed by atoms with E-state index in [1.807, 2.05) is 0 Å². The molecular weight excluding hydrogens is 631 g/mol. The van der Waals surface area contributed by atoms with E-state index in [0.717, 1.165) is 12.8 Å². The normalized spacial score (nSPS) is 30.4. The highest BCUT2D eigenvalue weighted by Gasteiger charge is 2.66. The summed E-state index contributed by atoms with van der Waals surface area (Å²) in [5.74, 6) is 0. The fourth-order valence-electron chi connectivity index (χ4n) is 11.7. The molecule has 0 saturated heterocycles. The summed E-state index contributed by atoms with van der Waals surface area (Å²) in [5.41, 5.74) is 16.8. The first-order valence-corrected chi connectivity index (χ1v) is 20.7. The molecular formula is C48H63BN2O. The van der Waals surface area contributed by atoms with Crippen LogP contribution in [0.3, 0.4) is 0 Å². The molecule has 274 valence electrons. The lowest BCUT2D eigenvalue weighted by atomic mass is 9.35. The third-order valence-corrected chi connectivity index (χ3v) is 15.5. The quantitative estimate of drug-likeness (QED) is 0.236. The third-order valence-electron chi connectivity index (χ3n) is 15.5. The zero-order chi connectivity index (χ0) is 37.2. The monoisotopic (exact) mass is 695 g/mol. The van der Waals surface area contributed by atoms with Gasteiger partial charge in [-0.3, -0.25) is 0 Å². The van der Waals surface area contributed by atoms with Crippen molar-refractivity contribution in [1.29, 1.82) is 0 Å². The van der Waals surface area contributed by atoms with Gasteiger partial charge < -0.3 is 14.5 Å². The molecule has 2 fully saturated rings. The van der Waals surface area contributed by atoms with Crippen molar-refractivity contribution in [2.45, 2.75) is 174 Å². The summed E-state index contributed by atoms with van der Waals surface area (Å²) < 4.78 is 7.70. The van der Waals surface area contributed by atoms with Gasteiger partial charge in [-0.15, -0.1) is 0 Å². The predicted octanol–water partition coefficient (Wildman–Crippen LogP) is 11.5. The Balaban J connectivity index is 1.43. The molecule has 4 heteroatoms. The second kappa shape index (κ2) is 10.3. The second-order valence-electron chi connectivity index (χ2n) is 21.7. The van der Waals surface area contributed by atoms with E-state index in [1.165, 1.54) is 100 Å². The molecule has 2 aliphatic carbocycles. The van der Waals surface area contributed by atoms with Gasteiger partial charge in [0, 0.05) is 28.2 Å². The zero-order valence-corrected chi connectivity index (χ0v) is 34.7. The maximum atomic E-state index is 7.70. The summed E-state index contributed by atoms with van der Waals surface area (Å²) in [6.45, 7) is 31.7. The van der Waals surface area contributed by atoms with Gasteiger partial charge in [-0.2, -0.15) is 0 Å². The van der Waals surface area contributed by atoms with E-state index < -0.39 is 0 Å². The summed E-state index contributed by atoms with van der Waals surface area (Å²) in [5, 5.41) is 0. The van der Waals surface area contributed by atoms with E-state index in [4.69, 9.17) is 4.74 Å². The van der Waals surface area contributed by atoms with Gasteiger partial charge in [0.25, 0.3) is 6.71 Å². The van der Waals surface area contributed by atoms with Crippen molar-refractivity contribution in [1.82, 2.24) is 0 Å². The highest BCUT2D eigenvalue weighted by atomic mass is 16.5. The van der Waals surface area contributed by atoms with Crippen LogP contribution in [0.15, 0.2) is 59.9 Å². The van der Waals surface area contributed by atoms with Crippen molar-refractivity contribution in [3.05, 3.63) is 82.1 Å². The number of benzene rings is 3. The van der Waals surface area contributed by atoms with E-state index in [2.05, 4.69) is 148 Å². The Morgan fingerprint density at radius 2 is 1.17 bits per heavy atom. The van der Waals surface area contributed by atoms with Crippen LogP contribution in [0.5, 0.6) is 0 Å². The molecule has 4 aliphatic heterocycles. The van der Waals surface area contributed by atoms with Crippen LogP contribution in [0, 0.1) is 5.41 Å². The molecule has 0 bridgehead atoms. The van der Waals surface area contributed by atoms with Crippen LogP contribution < -0.4 is 20.7 Å². The number of hydrogen-bond donors (Lipinski definition) is 0. The van der Waals surface area contributed by atoms with E-state index in [1.54, 1.807) is 5.56 Å². The zero-order valence-electron chi connectivity index (χ0n) is 34.7. The van der Waals surface area contributed by atoms with Crippen LogP contribution in [-0.2, 0) is 26.4 Å². The van der Waals surface area contributed by atoms with Gasteiger partial charge in [0.05, 0.1) is 22.3 Å². The predicted molar refractivity (Wildman–Crippen MR) is 222 cm³/mol. The molecule has 3 nitrogen and oxygen atoms in total. The van der Waals surface area contributed by atoms with Gasteiger partial charge >= 0.3 is 0 Å². The van der Waals surface area contributed by atoms with Crippen molar-refractivity contribution in [2.75, 3.05) is 9.80 Å². The lowest BCUT2D eigenvalue weighted by Gasteiger charge is -2.53. The lowest BCUT2D eigenvalue weighted by Crippen LogP contribution is -2.61. The SMILES string of the molecule is CC(C)(C)c1ccc(N2C3=C(OC4(C)CCCCC34C)B3c4cc(C(C)(C)C)cc5c4N(c4cc(C(C)(C)C)cc2c43)C2(C)CCCCC52C)cc1. The van der Waals surface area contributed by atoms with Gasteiger partial charge in [0.15, 0.2) is 0 Å². The molecule has 6 aliphatic rings. The number of nitrogens with zero attached hydrogens (tertiary/aromatic N) is 2. The Morgan fingerprint density at radius 1 is 0.615 bits per heavy atom. The first-order valence-electron chi connectivity index (χ1n) is 20.7. The number of anilines is 4. The molecule has 52 heavy (non-hydrogen) atoms. The van der Waals surface area contributed by atoms with Gasteiger partial charge in [0.1, 0.15) is 5.60 Å². The van der Waals surface area contributed by atoms with Gasteiger partial charge in [-0.1, -0.05) is 120 Å². The minimum atomic E-state index is -0.248. The molecule has 3 aromatic carbocycles. The smallest absolute Gasteiger partial charge is 0.295 e. The fourth-order valence-corrected chi connectivity index (χ4v) is 11.7. The minimum Gasteiger partial charge on any atom is -0.498 e. The molecule has 0 radical (unpaired) electrons. The highest BCUT2D eigenvalue weighted by molar-refractivity contribution is 6.95. The molecule has 0 amide bonds. The summed E-state index contributed by atoms with van der Waals surface area (Å²) in [4.78, 5) is 5.60. The molecule has 4 atom stereocenters. The molecule has 4 heterocycles. The van der Waals surface area contributed by atoms with E-state index in [9.17, 15) is 0 Å². The van der Waals surface area contributed by atoms with Crippen LogP contribution in [0.4, 0.5) is 22.7 Å². The van der Waals surface area contributed by atoms with Gasteiger partial charge in [-0.25, -0.2) is 0 Å². The Hall–Kier alpha value is -3.14. The lowest BCUT2D eigenvalue weighted by molar-refractivity contribution is -0.0559. The summed E-state index contributed by atoms with van der Waals surface area (Å²) >= 11 is 0. The number of rotatable bonds is 1. The number of ether oxygens (including phenoxy) is 1. The van der Waals surface area contributed by atoms with Crippen LogP contribution in [0.2, 0.25) is 0 Å². The van der Waals surface area contributed by atoms with Crippen LogP contribution in [-0.4, -0.2) is 17.9 Å². The maximum absolute atomic E-state index is 7.70. The summed E-state index contributed by atoms with van der Waals surface area (Å²) in [6.07, 6.45) is 9.74. The summed E-state index contributed by atoms with van der Waals surface area (Å²) in [6, 6.07) is 20.0. The number of fused-ring (bicyclic) bond motifs is 8. The second-order valence-corrected chi connectivity index (χ2v) is 21.7. The van der Waals surface area contributed by atoms with Crippen molar-refractivity contribution < 1.29 is 4.74 Å². The van der Waals surface area contributed by atoms with E-state index >= 15 is 0 Å². The fraction of sp³-hybridized carbons (Fsp3) is 0.583. The number of hydrogen-bond acceptors (Lipinski definition) is 3. The van der Waals surface area contributed by atoms with Crippen LogP contribution >= 0.6 is 0 Å². The Labute approximate surface area is 315 Å². The molecule has 2 saturated carbocycles. The van der Waals surface area contributed by atoms with Crippen molar-refractivity contribution in [3.8, 4) is 0 Å². The van der Waals surface area contributed by atoms with Gasteiger partial charge in [-0.05, 0) is 120 Å². The van der Waals surface area contributed by atoms with Gasteiger partial charge in [0.2, 0.25) is 0 Å². The molecule has 0 aromatic heterocycles. The highest BCUT2D eigenvalue weighted by Crippen LogP contribution is 2.66. The van der Waals surface area contributed by atoms with E-state index in [0.29, 0.717) is 0 Å². The van der Waals surface area contributed by atoms with E-state index in [-0.39, 0.29) is 44.9 Å². The molecule has 0 N–H and O–H groups in total. The third kappa shape index (κ3) is 4.27. The Kier molecular flexibility index (Phi) is 6.88. The standard InChI is InChI=1S/C48H63BN2O/c1-42(2,3)30-18-20-33(21-19-30)50-36-28-32(44(7,8)9)29-37-38(36)49(41-40(50)46(11)23-15-17-25-48(46,13)52-41)35-27-31(43(4,5)6)26-34-39(35)51(37)47(12)24-16-14-22-45(34,47)10/h18-21,26-29H,14-17,22-25H2,1-13H3. The first kappa shape index (κ1) is 34.6. The maximum Gasteiger partial charge on any atom is 0.295 e. The van der Waals surface area contributed by atoms with Crippen molar-refractivity contribution >= 4 is 40.4 Å². The Morgan fingerprint density at radius 3 is 1.81 bits per heavy atom. The topological polar surface area (TPSA) is 15.7 Å². The average molecular weight is 695 g/mol.